The molecule has 0 saturated carbocycles. The molecule has 2 aliphatic heterocycles. The van der Waals surface area contributed by atoms with Gasteiger partial charge in [0.25, 0.3) is 5.91 Å². The number of carbonyl (C=O) groups excluding carboxylic acids is 1. The van der Waals surface area contributed by atoms with Gasteiger partial charge < -0.3 is 14.5 Å². The summed E-state index contributed by atoms with van der Waals surface area (Å²) < 4.78 is 5.75. The number of amides is 1. The highest BCUT2D eigenvalue weighted by Crippen LogP contribution is 2.23. The van der Waals surface area contributed by atoms with Crippen LogP contribution in [0.4, 0.5) is 0 Å². The van der Waals surface area contributed by atoms with Crippen LogP contribution in [0.15, 0.2) is 24.3 Å². The zero-order valence-corrected chi connectivity index (χ0v) is 16.4. The van der Waals surface area contributed by atoms with E-state index in [1.165, 1.54) is 25.9 Å². The number of unbranched alkanes of at least 4 members (excludes halogenated alkanes) is 2. The molecule has 0 aromatic heterocycles. The third-order valence-corrected chi connectivity index (χ3v) is 5.72. The van der Waals surface area contributed by atoms with Crippen molar-refractivity contribution < 1.29 is 9.53 Å². The van der Waals surface area contributed by atoms with Crippen LogP contribution in [-0.2, 0) is 0 Å². The molecular formula is C21H31ClN2O2. The van der Waals surface area contributed by atoms with Gasteiger partial charge >= 0.3 is 0 Å². The molecule has 1 unspecified atom stereocenters. The van der Waals surface area contributed by atoms with Crippen molar-refractivity contribution in [1.82, 2.24) is 9.80 Å². The fourth-order valence-corrected chi connectivity index (χ4v) is 4.17. The first-order valence-corrected chi connectivity index (χ1v) is 10.6. The Kier molecular flexibility index (Phi) is 7.63. The maximum Gasteiger partial charge on any atom is 0.254 e. The molecule has 1 aromatic carbocycles. The number of benzene rings is 1. The van der Waals surface area contributed by atoms with E-state index in [0.717, 1.165) is 56.5 Å². The quantitative estimate of drug-likeness (QED) is 0.477. The van der Waals surface area contributed by atoms with Crippen molar-refractivity contribution in [2.45, 2.75) is 51.0 Å². The standard InChI is InChI=1S/C21H31ClN2O2/c22-12-2-1-5-16-26-20-10-8-18(9-11-20)21(25)24-15-6-7-19(24)17-23-13-3-4-14-23/h8-11,19H,1-7,12-17H2. The van der Waals surface area contributed by atoms with Crippen molar-refractivity contribution >= 4 is 17.5 Å². The molecule has 4 nitrogen and oxygen atoms in total. The molecule has 0 N–H and O–H groups in total. The minimum Gasteiger partial charge on any atom is -0.494 e. The van der Waals surface area contributed by atoms with Crippen molar-refractivity contribution in [1.29, 1.82) is 0 Å². The number of halogens is 1. The molecule has 5 heteroatoms. The van der Waals surface area contributed by atoms with Crippen LogP contribution in [0.2, 0.25) is 0 Å². The average molecular weight is 379 g/mol. The van der Waals surface area contributed by atoms with Gasteiger partial charge in [-0.05, 0) is 82.3 Å². The van der Waals surface area contributed by atoms with E-state index in [0.29, 0.717) is 18.5 Å². The van der Waals surface area contributed by atoms with Crippen LogP contribution >= 0.6 is 11.6 Å². The Morgan fingerprint density at radius 1 is 1.04 bits per heavy atom. The van der Waals surface area contributed by atoms with E-state index in [9.17, 15) is 4.79 Å². The van der Waals surface area contributed by atoms with Gasteiger partial charge in [-0.1, -0.05) is 0 Å². The smallest absolute Gasteiger partial charge is 0.254 e. The van der Waals surface area contributed by atoms with Crippen LogP contribution < -0.4 is 4.74 Å². The minimum atomic E-state index is 0.167. The Labute approximate surface area is 162 Å². The number of ether oxygens (including phenoxy) is 1. The van der Waals surface area contributed by atoms with Crippen molar-refractivity contribution in [3.8, 4) is 5.75 Å². The molecule has 2 saturated heterocycles. The molecule has 1 aromatic rings. The second-order valence-corrected chi connectivity index (χ2v) is 7.80. The highest BCUT2D eigenvalue weighted by molar-refractivity contribution is 6.17. The molecule has 0 aliphatic carbocycles. The van der Waals surface area contributed by atoms with Crippen LogP contribution in [0.25, 0.3) is 0 Å². The van der Waals surface area contributed by atoms with Crippen LogP contribution in [0.3, 0.4) is 0 Å². The summed E-state index contributed by atoms with van der Waals surface area (Å²) in [6.45, 7) is 5.00. The van der Waals surface area contributed by atoms with E-state index in [2.05, 4.69) is 9.80 Å². The molecule has 2 aliphatic rings. The second kappa shape index (κ2) is 10.2. The highest BCUT2D eigenvalue weighted by atomic mass is 35.5. The van der Waals surface area contributed by atoms with Gasteiger partial charge in [0.2, 0.25) is 0 Å². The summed E-state index contributed by atoms with van der Waals surface area (Å²) in [5.74, 6) is 1.72. The number of hydrogen-bond donors (Lipinski definition) is 0. The predicted molar refractivity (Wildman–Crippen MR) is 106 cm³/mol. The predicted octanol–water partition coefficient (Wildman–Crippen LogP) is 4.17. The fraction of sp³-hybridized carbons (Fsp3) is 0.667. The molecule has 144 valence electrons. The van der Waals surface area contributed by atoms with Crippen LogP contribution in [0, 0.1) is 0 Å². The molecule has 0 radical (unpaired) electrons. The van der Waals surface area contributed by atoms with Crippen molar-refractivity contribution in [3.05, 3.63) is 29.8 Å². The van der Waals surface area contributed by atoms with Crippen molar-refractivity contribution in [2.75, 3.05) is 38.7 Å². The SMILES string of the molecule is O=C(c1ccc(OCCCCCCl)cc1)N1CCCC1CN1CCCC1. The minimum absolute atomic E-state index is 0.167. The van der Waals surface area contributed by atoms with E-state index in [1.54, 1.807) is 0 Å². The number of alkyl halides is 1. The Bertz CT molecular complexity index is 558. The van der Waals surface area contributed by atoms with Gasteiger partial charge in [0.1, 0.15) is 5.75 Å². The molecule has 26 heavy (non-hydrogen) atoms. The second-order valence-electron chi connectivity index (χ2n) is 7.42. The van der Waals surface area contributed by atoms with Gasteiger partial charge in [0, 0.05) is 30.6 Å². The highest BCUT2D eigenvalue weighted by Gasteiger charge is 2.31. The van der Waals surface area contributed by atoms with E-state index < -0.39 is 0 Å². The van der Waals surface area contributed by atoms with Gasteiger partial charge in [-0.25, -0.2) is 0 Å². The van der Waals surface area contributed by atoms with Crippen LogP contribution in [0.1, 0.15) is 55.3 Å². The fourth-order valence-electron chi connectivity index (χ4n) is 3.98. The summed E-state index contributed by atoms with van der Waals surface area (Å²) in [6.07, 6.45) is 7.99. The van der Waals surface area contributed by atoms with Gasteiger partial charge in [-0.3, -0.25) is 4.79 Å². The summed E-state index contributed by atoms with van der Waals surface area (Å²) in [6, 6.07) is 8.02. The summed E-state index contributed by atoms with van der Waals surface area (Å²) in [4.78, 5) is 17.5. The van der Waals surface area contributed by atoms with E-state index >= 15 is 0 Å². The van der Waals surface area contributed by atoms with Gasteiger partial charge in [-0.2, -0.15) is 0 Å². The molecule has 2 fully saturated rings. The van der Waals surface area contributed by atoms with Gasteiger partial charge in [-0.15, -0.1) is 11.6 Å². The van der Waals surface area contributed by atoms with Crippen LogP contribution in [-0.4, -0.2) is 60.4 Å². The maximum absolute atomic E-state index is 12.9. The summed E-state index contributed by atoms with van der Waals surface area (Å²) in [5, 5.41) is 0. The zero-order chi connectivity index (χ0) is 18.2. The first kappa shape index (κ1) is 19.5. The normalized spacial score (nSPS) is 20.7. The first-order valence-electron chi connectivity index (χ1n) is 10.1. The first-order chi connectivity index (χ1) is 12.8. The van der Waals surface area contributed by atoms with Crippen LogP contribution in [0.5, 0.6) is 5.75 Å². The summed E-state index contributed by atoms with van der Waals surface area (Å²) >= 11 is 5.68. The number of likely N-dealkylation sites (tertiary alicyclic amines) is 2. The van der Waals surface area contributed by atoms with Crippen molar-refractivity contribution in [2.24, 2.45) is 0 Å². The third kappa shape index (κ3) is 5.37. The average Bonchev–Trinajstić information content (AvgIpc) is 3.34. The topological polar surface area (TPSA) is 32.8 Å². The Morgan fingerprint density at radius 2 is 1.81 bits per heavy atom. The molecule has 1 amide bonds. The monoisotopic (exact) mass is 378 g/mol. The van der Waals surface area contributed by atoms with E-state index in [1.807, 2.05) is 24.3 Å². The molecule has 3 rings (SSSR count). The van der Waals surface area contributed by atoms with Gasteiger partial charge in [0.15, 0.2) is 0 Å². The Balaban J connectivity index is 1.50. The van der Waals surface area contributed by atoms with Crippen molar-refractivity contribution in [3.63, 3.8) is 0 Å². The number of carbonyl (C=O) groups is 1. The maximum atomic E-state index is 12.9. The van der Waals surface area contributed by atoms with Gasteiger partial charge in [0.05, 0.1) is 6.61 Å². The lowest BCUT2D eigenvalue weighted by molar-refractivity contribution is 0.0708. The Morgan fingerprint density at radius 3 is 2.54 bits per heavy atom. The Hall–Kier alpha value is -1.26. The number of nitrogens with zero attached hydrogens (tertiary/aromatic N) is 2. The molecule has 2 heterocycles. The summed E-state index contributed by atoms with van der Waals surface area (Å²) in [5.41, 5.74) is 0.771. The third-order valence-electron chi connectivity index (χ3n) is 5.45. The lowest BCUT2D eigenvalue weighted by Crippen LogP contribution is -2.42. The zero-order valence-electron chi connectivity index (χ0n) is 15.7. The van der Waals surface area contributed by atoms with E-state index in [-0.39, 0.29) is 5.91 Å². The number of rotatable bonds is 9. The molecule has 1 atom stereocenters. The lowest BCUT2D eigenvalue weighted by Gasteiger charge is -2.28. The largest absolute Gasteiger partial charge is 0.494 e. The van der Waals surface area contributed by atoms with E-state index in [4.69, 9.17) is 16.3 Å². The molecular weight excluding hydrogens is 348 g/mol. The summed E-state index contributed by atoms with van der Waals surface area (Å²) in [7, 11) is 0. The molecule has 0 spiro atoms. The molecule has 0 bridgehead atoms. The lowest BCUT2D eigenvalue weighted by atomic mass is 10.1. The number of hydrogen-bond acceptors (Lipinski definition) is 3.